The van der Waals surface area contributed by atoms with Gasteiger partial charge in [-0.2, -0.15) is 0 Å². The summed E-state index contributed by atoms with van der Waals surface area (Å²) in [7, 11) is 0. The smallest absolute Gasteiger partial charge is 0.0848 e. The SMILES string of the molecule is CC(C)c1cnc2c(n1)C=CC2. The van der Waals surface area contributed by atoms with E-state index in [2.05, 4.69) is 29.9 Å². The summed E-state index contributed by atoms with van der Waals surface area (Å²) in [5, 5.41) is 0. The lowest BCUT2D eigenvalue weighted by Gasteiger charge is -2.04. The van der Waals surface area contributed by atoms with Crippen molar-refractivity contribution in [2.45, 2.75) is 26.2 Å². The highest BCUT2D eigenvalue weighted by Gasteiger charge is 2.09. The van der Waals surface area contributed by atoms with E-state index in [9.17, 15) is 0 Å². The fraction of sp³-hybridized carbons (Fsp3) is 0.400. The first-order valence-electron chi connectivity index (χ1n) is 4.29. The molecule has 0 N–H and O–H groups in total. The van der Waals surface area contributed by atoms with Crippen LogP contribution in [-0.4, -0.2) is 9.97 Å². The molecule has 1 aliphatic rings. The molecule has 0 aromatic carbocycles. The summed E-state index contributed by atoms with van der Waals surface area (Å²) in [6.07, 6.45) is 6.99. The summed E-state index contributed by atoms with van der Waals surface area (Å²) in [5.74, 6) is 0.469. The van der Waals surface area contributed by atoms with E-state index >= 15 is 0 Å². The predicted molar refractivity (Wildman–Crippen MR) is 48.9 cm³/mol. The molecular formula is C10H12N2. The van der Waals surface area contributed by atoms with Gasteiger partial charge in [-0.25, -0.2) is 4.98 Å². The molecule has 0 saturated carbocycles. The number of fused-ring (bicyclic) bond motifs is 1. The van der Waals surface area contributed by atoms with E-state index in [1.165, 1.54) is 0 Å². The molecule has 0 radical (unpaired) electrons. The molecule has 1 aromatic heterocycles. The molecule has 0 saturated heterocycles. The van der Waals surface area contributed by atoms with Crippen molar-refractivity contribution in [3.8, 4) is 0 Å². The molecule has 0 unspecified atom stereocenters. The average molecular weight is 160 g/mol. The standard InChI is InChI=1S/C10H12N2/c1-7(2)10-6-11-8-4-3-5-9(8)12-10/h3,5-7H,4H2,1-2H3. The van der Waals surface area contributed by atoms with E-state index in [1.54, 1.807) is 0 Å². The molecule has 2 rings (SSSR count). The third-order valence-corrected chi connectivity index (χ3v) is 2.08. The van der Waals surface area contributed by atoms with Gasteiger partial charge in [0.25, 0.3) is 0 Å². The van der Waals surface area contributed by atoms with E-state index in [4.69, 9.17) is 0 Å². The predicted octanol–water partition coefficient (Wildman–Crippen LogP) is 2.17. The van der Waals surface area contributed by atoms with Crippen LogP contribution in [0.5, 0.6) is 0 Å². The molecule has 0 fully saturated rings. The summed E-state index contributed by atoms with van der Waals surface area (Å²) in [6.45, 7) is 4.27. The molecule has 2 nitrogen and oxygen atoms in total. The van der Waals surface area contributed by atoms with Crippen molar-refractivity contribution >= 4 is 6.08 Å². The molecular weight excluding hydrogens is 148 g/mol. The Kier molecular flexibility index (Phi) is 1.68. The maximum Gasteiger partial charge on any atom is 0.0848 e. The number of hydrogen-bond acceptors (Lipinski definition) is 2. The van der Waals surface area contributed by atoms with E-state index < -0.39 is 0 Å². The van der Waals surface area contributed by atoms with Gasteiger partial charge >= 0.3 is 0 Å². The fourth-order valence-corrected chi connectivity index (χ4v) is 1.29. The number of rotatable bonds is 1. The van der Waals surface area contributed by atoms with Gasteiger partial charge in [-0.05, 0) is 12.0 Å². The van der Waals surface area contributed by atoms with Gasteiger partial charge in [0, 0.05) is 12.6 Å². The molecule has 0 spiro atoms. The van der Waals surface area contributed by atoms with Crippen molar-refractivity contribution in [3.05, 3.63) is 29.4 Å². The summed E-state index contributed by atoms with van der Waals surface area (Å²) < 4.78 is 0. The van der Waals surface area contributed by atoms with Gasteiger partial charge < -0.3 is 0 Å². The van der Waals surface area contributed by atoms with Crippen molar-refractivity contribution in [2.75, 3.05) is 0 Å². The van der Waals surface area contributed by atoms with Crippen LogP contribution in [0.15, 0.2) is 12.3 Å². The quantitative estimate of drug-likeness (QED) is 0.629. The van der Waals surface area contributed by atoms with Gasteiger partial charge in [0.15, 0.2) is 0 Å². The highest BCUT2D eigenvalue weighted by Crippen LogP contribution is 2.18. The van der Waals surface area contributed by atoms with E-state index in [0.717, 1.165) is 23.5 Å². The van der Waals surface area contributed by atoms with Crippen molar-refractivity contribution < 1.29 is 0 Å². The Morgan fingerprint density at radius 3 is 3.00 bits per heavy atom. The van der Waals surface area contributed by atoms with Crippen LogP contribution in [0.2, 0.25) is 0 Å². The molecule has 1 aliphatic carbocycles. The largest absolute Gasteiger partial charge is 0.257 e. The lowest BCUT2D eigenvalue weighted by molar-refractivity contribution is 0.803. The van der Waals surface area contributed by atoms with Gasteiger partial charge in [-0.15, -0.1) is 0 Å². The summed E-state index contributed by atoms with van der Waals surface area (Å²) in [4.78, 5) is 8.86. The van der Waals surface area contributed by atoms with Gasteiger partial charge in [-0.3, -0.25) is 4.98 Å². The van der Waals surface area contributed by atoms with Crippen molar-refractivity contribution in [3.63, 3.8) is 0 Å². The molecule has 1 aromatic rings. The minimum atomic E-state index is 0.469. The zero-order valence-electron chi connectivity index (χ0n) is 7.41. The normalized spacial score (nSPS) is 13.9. The van der Waals surface area contributed by atoms with Crippen LogP contribution in [0, 0.1) is 0 Å². The number of allylic oxidation sites excluding steroid dienone is 1. The first-order chi connectivity index (χ1) is 5.77. The van der Waals surface area contributed by atoms with Crippen LogP contribution in [0.4, 0.5) is 0 Å². The lowest BCUT2D eigenvalue weighted by atomic mass is 10.1. The van der Waals surface area contributed by atoms with E-state index in [-0.39, 0.29) is 0 Å². The molecule has 0 bridgehead atoms. The van der Waals surface area contributed by atoms with Gasteiger partial charge in [0.2, 0.25) is 0 Å². The molecule has 2 heteroatoms. The van der Waals surface area contributed by atoms with Gasteiger partial charge in [0.1, 0.15) is 0 Å². The first kappa shape index (κ1) is 7.47. The van der Waals surface area contributed by atoms with Crippen molar-refractivity contribution in [2.24, 2.45) is 0 Å². The van der Waals surface area contributed by atoms with Crippen LogP contribution in [0.3, 0.4) is 0 Å². The Morgan fingerprint density at radius 2 is 2.25 bits per heavy atom. The van der Waals surface area contributed by atoms with Crippen LogP contribution in [0.1, 0.15) is 36.8 Å². The van der Waals surface area contributed by atoms with E-state index in [0.29, 0.717) is 5.92 Å². The Hall–Kier alpha value is -1.18. The zero-order valence-corrected chi connectivity index (χ0v) is 7.41. The number of aromatic nitrogens is 2. The number of nitrogens with zero attached hydrogens (tertiary/aromatic N) is 2. The Morgan fingerprint density at radius 1 is 1.42 bits per heavy atom. The topological polar surface area (TPSA) is 25.8 Å². The van der Waals surface area contributed by atoms with Crippen LogP contribution >= 0.6 is 0 Å². The minimum Gasteiger partial charge on any atom is -0.257 e. The molecule has 0 amide bonds. The van der Waals surface area contributed by atoms with Crippen LogP contribution < -0.4 is 0 Å². The highest BCUT2D eigenvalue weighted by molar-refractivity contribution is 5.53. The van der Waals surface area contributed by atoms with Crippen LogP contribution in [-0.2, 0) is 6.42 Å². The highest BCUT2D eigenvalue weighted by atomic mass is 14.8. The lowest BCUT2D eigenvalue weighted by Crippen LogP contribution is -1.98. The molecule has 0 atom stereocenters. The second-order valence-electron chi connectivity index (χ2n) is 3.39. The summed E-state index contributed by atoms with van der Waals surface area (Å²) >= 11 is 0. The number of hydrogen-bond donors (Lipinski definition) is 0. The fourth-order valence-electron chi connectivity index (χ4n) is 1.29. The minimum absolute atomic E-state index is 0.469. The Balaban J connectivity index is 2.44. The van der Waals surface area contributed by atoms with Crippen molar-refractivity contribution in [1.29, 1.82) is 0 Å². The zero-order chi connectivity index (χ0) is 8.55. The molecule has 12 heavy (non-hydrogen) atoms. The first-order valence-corrected chi connectivity index (χ1v) is 4.29. The summed E-state index contributed by atoms with van der Waals surface area (Å²) in [5.41, 5.74) is 3.25. The Labute approximate surface area is 72.4 Å². The Bertz CT molecular complexity index is 327. The van der Waals surface area contributed by atoms with E-state index in [1.807, 2.05) is 12.3 Å². The van der Waals surface area contributed by atoms with Crippen molar-refractivity contribution in [1.82, 2.24) is 9.97 Å². The van der Waals surface area contributed by atoms with Gasteiger partial charge in [0.05, 0.1) is 17.1 Å². The average Bonchev–Trinajstić information content (AvgIpc) is 2.49. The molecule has 1 heterocycles. The third kappa shape index (κ3) is 1.13. The monoisotopic (exact) mass is 160 g/mol. The molecule has 0 aliphatic heterocycles. The molecule has 62 valence electrons. The maximum absolute atomic E-state index is 4.50. The maximum atomic E-state index is 4.50. The van der Waals surface area contributed by atoms with Gasteiger partial charge in [-0.1, -0.05) is 19.9 Å². The summed E-state index contributed by atoms with van der Waals surface area (Å²) in [6, 6.07) is 0. The second-order valence-corrected chi connectivity index (χ2v) is 3.39. The second kappa shape index (κ2) is 2.70. The van der Waals surface area contributed by atoms with Crippen LogP contribution in [0.25, 0.3) is 6.08 Å². The third-order valence-electron chi connectivity index (χ3n) is 2.08.